The number of hydrogen-bond acceptors (Lipinski definition) is 7. The SMILES string of the molecule is COc1cc(F)c([N+](=O)[O-])c(Sc2nnc(C(C)(C)C)n2N)c1. The molecule has 0 radical (unpaired) electrons. The fraction of sp³-hybridized carbons (Fsp3) is 0.385. The summed E-state index contributed by atoms with van der Waals surface area (Å²) < 4.78 is 20.1. The summed E-state index contributed by atoms with van der Waals surface area (Å²) in [6, 6.07) is 2.31. The molecule has 0 saturated heterocycles. The van der Waals surface area contributed by atoms with Crippen molar-refractivity contribution in [2.24, 2.45) is 0 Å². The molecular weight excluding hydrogens is 325 g/mol. The molecule has 2 N–H and O–H groups in total. The Bertz CT molecular complexity index is 757. The van der Waals surface area contributed by atoms with Crippen LogP contribution in [0.2, 0.25) is 0 Å². The first-order valence-corrected chi connectivity index (χ1v) is 7.37. The van der Waals surface area contributed by atoms with Crippen molar-refractivity contribution in [3.8, 4) is 5.75 Å². The van der Waals surface area contributed by atoms with E-state index in [2.05, 4.69) is 10.2 Å². The second-order valence-electron chi connectivity index (χ2n) is 5.74. The zero-order valence-corrected chi connectivity index (χ0v) is 13.8. The number of nitrogen functional groups attached to an aromatic ring is 1. The Hall–Kier alpha value is -2.36. The Kier molecular flexibility index (Phi) is 4.46. The molecule has 0 bridgehead atoms. The average Bonchev–Trinajstić information content (AvgIpc) is 2.79. The van der Waals surface area contributed by atoms with Crippen LogP contribution in [-0.4, -0.2) is 26.9 Å². The Morgan fingerprint density at radius 1 is 1.39 bits per heavy atom. The topological polar surface area (TPSA) is 109 Å². The summed E-state index contributed by atoms with van der Waals surface area (Å²) in [6.07, 6.45) is 0. The van der Waals surface area contributed by atoms with E-state index in [1.807, 2.05) is 20.8 Å². The highest BCUT2D eigenvalue weighted by molar-refractivity contribution is 7.99. The lowest BCUT2D eigenvalue weighted by molar-refractivity contribution is -0.390. The monoisotopic (exact) mass is 341 g/mol. The lowest BCUT2D eigenvalue weighted by Gasteiger charge is -2.16. The number of rotatable bonds is 4. The van der Waals surface area contributed by atoms with Crippen LogP contribution in [0.4, 0.5) is 10.1 Å². The summed E-state index contributed by atoms with van der Waals surface area (Å²) in [7, 11) is 1.35. The predicted octanol–water partition coefficient (Wildman–Crippen LogP) is 2.50. The lowest BCUT2D eigenvalue weighted by atomic mass is 9.96. The molecule has 1 aromatic heterocycles. The maximum absolute atomic E-state index is 13.9. The lowest BCUT2D eigenvalue weighted by Crippen LogP contribution is -2.24. The van der Waals surface area contributed by atoms with E-state index in [0.717, 1.165) is 17.8 Å². The van der Waals surface area contributed by atoms with Crippen LogP contribution < -0.4 is 10.6 Å². The van der Waals surface area contributed by atoms with Crippen LogP contribution in [0.3, 0.4) is 0 Å². The van der Waals surface area contributed by atoms with Crippen molar-refractivity contribution in [1.82, 2.24) is 14.9 Å². The van der Waals surface area contributed by atoms with Crippen molar-refractivity contribution in [3.05, 3.63) is 33.9 Å². The van der Waals surface area contributed by atoms with Crippen LogP contribution in [0.25, 0.3) is 0 Å². The van der Waals surface area contributed by atoms with Crippen molar-refractivity contribution < 1.29 is 14.1 Å². The minimum atomic E-state index is -0.990. The highest BCUT2D eigenvalue weighted by Gasteiger charge is 2.27. The number of benzene rings is 1. The van der Waals surface area contributed by atoms with Gasteiger partial charge in [-0.05, 0) is 11.8 Å². The third kappa shape index (κ3) is 3.36. The number of halogens is 1. The number of methoxy groups -OCH3 is 1. The van der Waals surface area contributed by atoms with Crippen molar-refractivity contribution in [3.63, 3.8) is 0 Å². The van der Waals surface area contributed by atoms with Gasteiger partial charge in [0, 0.05) is 17.5 Å². The maximum Gasteiger partial charge on any atom is 0.318 e. The van der Waals surface area contributed by atoms with Gasteiger partial charge < -0.3 is 10.6 Å². The molecule has 0 unspecified atom stereocenters. The smallest absolute Gasteiger partial charge is 0.318 e. The number of nitro benzene ring substituents is 1. The summed E-state index contributed by atoms with van der Waals surface area (Å²) in [6.45, 7) is 5.72. The summed E-state index contributed by atoms with van der Waals surface area (Å²) >= 11 is 0.852. The molecule has 0 aliphatic heterocycles. The first-order valence-electron chi connectivity index (χ1n) is 6.56. The third-order valence-corrected chi connectivity index (χ3v) is 3.95. The quantitative estimate of drug-likeness (QED) is 0.517. The molecule has 1 heterocycles. The normalized spacial score (nSPS) is 11.5. The van der Waals surface area contributed by atoms with Crippen LogP contribution in [0.5, 0.6) is 5.75 Å². The van der Waals surface area contributed by atoms with E-state index in [9.17, 15) is 14.5 Å². The van der Waals surface area contributed by atoms with Crippen molar-refractivity contribution >= 4 is 17.4 Å². The van der Waals surface area contributed by atoms with Crippen molar-refractivity contribution in [2.45, 2.75) is 36.2 Å². The molecule has 0 saturated carbocycles. The molecule has 0 fully saturated rings. The summed E-state index contributed by atoms with van der Waals surface area (Å²) in [5.41, 5.74) is -1.01. The summed E-state index contributed by atoms with van der Waals surface area (Å²) in [4.78, 5) is 10.4. The summed E-state index contributed by atoms with van der Waals surface area (Å²) in [5, 5.41) is 19.3. The van der Waals surface area contributed by atoms with Gasteiger partial charge in [-0.1, -0.05) is 20.8 Å². The van der Waals surface area contributed by atoms with E-state index in [1.54, 1.807) is 0 Å². The fourth-order valence-electron chi connectivity index (χ4n) is 1.88. The van der Waals surface area contributed by atoms with Gasteiger partial charge in [0.05, 0.1) is 16.9 Å². The molecule has 0 spiro atoms. The number of aromatic nitrogens is 3. The standard InChI is InChI=1S/C13H16FN5O3S/c1-13(2,3)11-16-17-12(18(11)15)23-9-6-7(22-4)5-8(14)10(9)19(20)21/h5-6H,15H2,1-4H3. The Labute approximate surface area is 136 Å². The van der Waals surface area contributed by atoms with Gasteiger partial charge in [-0.25, -0.2) is 4.68 Å². The average molecular weight is 341 g/mol. The minimum Gasteiger partial charge on any atom is -0.497 e. The Morgan fingerprint density at radius 3 is 2.52 bits per heavy atom. The molecule has 10 heteroatoms. The molecule has 1 aromatic carbocycles. The van der Waals surface area contributed by atoms with Crippen molar-refractivity contribution in [1.29, 1.82) is 0 Å². The van der Waals surface area contributed by atoms with E-state index in [-0.39, 0.29) is 21.2 Å². The van der Waals surface area contributed by atoms with E-state index in [0.29, 0.717) is 5.82 Å². The van der Waals surface area contributed by atoms with E-state index < -0.39 is 16.4 Å². The fourth-order valence-corrected chi connectivity index (χ4v) is 2.79. The zero-order valence-electron chi connectivity index (χ0n) is 13.0. The van der Waals surface area contributed by atoms with Crippen LogP contribution in [0.15, 0.2) is 22.2 Å². The first kappa shape index (κ1) is 17.0. The van der Waals surface area contributed by atoms with Crippen LogP contribution in [0.1, 0.15) is 26.6 Å². The van der Waals surface area contributed by atoms with E-state index in [1.165, 1.54) is 17.9 Å². The summed E-state index contributed by atoms with van der Waals surface area (Å²) in [5.74, 6) is 5.63. The van der Waals surface area contributed by atoms with Gasteiger partial charge in [-0.15, -0.1) is 10.2 Å². The highest BCUT2D eigenvalue weighted by atomic mass is 32.2. The third-order valence-electron chi connectivity index (χ3n) is 2.96. The van der Waals surface area contributed by atoms with Crippen LogP contribution in [0, 0.1) is 15.9 Å². The molecule has 0 amide bonds. The largest absolute Gasteiger partial charge is 0.497 e. The van der Waals surface area contributed by atoms with Gasteiger partial charge in [-0.3, -0.25) is 10.1 Å². The number of nitro groups is 1. The number of hydrogen-bond donors (Lipinski definition) is 1. The second-order valence-corrected chi connectivity index (χ2v) is 6.75. The van der Waals surface area contributed by atoms with Gasteiger partial charge in [-0.2, -0.15) is 4.39 Å². The first-order chi connectivity index (χ1) is 10.6. The van der Waals surface area contributed by atoms with E-state index in [4.69, 9.17) is 10.6 Å². The Morgan fingerprint density at radius 2 is 2.04 bits per heavy atom. The van der Waals surface area contributed by atoms with Crippen LogP contribution in [-0.2, 0) is 5.41 Å². The van der Waals surface area contributed by atoms with Gasteiger partial charge >= 0.3 is 5.69 Å². The number of ether oxygens (including phenoxy) is 1. The van der Waals surface area contributed by atoms with Gasteiger partial charge in [0.2, 0.25) is 11.0 Å². The van der Waals surface area contributed by atoms with Crippen LogP contribution >= 0.6 is 11.8 Å². The van der Waals surface area contributed by atoms with E-state index >= 15 is 0 Å². The zero-order chi connectivity index (χ0) is 17.4. The Balaban J connectivity index is 2.50. The molecule has 0 aliphatic carbocycles. The number of nitrogens with two attached hydrogens (primary N) is 1. The molecular formula is C13H16FN5O3S. The molecule has 23 heavy (non-hydrogen) atoms. The number of nitrogens with zero attached hydrogens (tertiary/aromatic N) is 4. The molecule has 8 nitrogen and oxygen atoms in total. The maximum atomic E-state index is 13.9. The minimum absolute atomic E-state index is 0.0337. The molecule has 2 rings (SSSR count). The van der Waals surface area contributed by atoms with Crippen molar-refractivity contribution in [2.75, 3.05) is 13.0 Å². The molecule has 0 aliphatic rings. The molecule has 124 valence electrons. The molecule has 2 aromatic rings. The second kappa shape index (κ2) is 6.03. The molecule has 0 atom stereocenters. The van der Waals surface area contributed by atoms with Gasteiger partial charge in [0.15, 0.2) is 5.82 Å². The highest BCUT2D eigenvalue weighted by Crippen LogP contribution is 2.38. The van der Waals surface area contributed by atoms with Gasteiger partial charge in [0.1, 0.15) is 5.75 Å². The predicted molar refractivity (Wildman–Crippen MR) is 82.6 cm³/mol. The van der Waals surface area contributed by atoms with Gasteiger partial charge in [0.25, 0.3) is 0 Å².